The lowest BCUT2D eigenvalue weighted by Crippen LogP contribution is -2.25. The predicted octanol–water partition coefficient (Wildman–Crippen LogP) is 6.34. The fourth-order valence-electron chi connectivity index (χ4n) is 3.43. The maximum atomic E-state index is 13.2. The van der Waals surface area contributed by atoms with Crippen molar-refractivity contribution in [2.75, 3.05) is 24.3 Å². The molecule has 224 valence electrons. The van der Waals surface area contributed by atoms with Crippen molar-refractivity contribution in [3.8, 4) is 23.3 Å². The van der Waals surface area contributed by atoms with E-state index >= 15 is 0 Å². The Morgan fingerprint density at radius 2 is 1.81 bits per heavy atom. The third-order valence-electron chi connectivity index (χ3n) is 5.49. The van der Waals surface area contributed by atoms with Crippen LogP contribution < -0.4 is 10.1 Å². The van der Waals surface area contributed by atoms with Gasteiger partial charge in [0.2, 0.25) is 11.1 Å². The van der Waals surface area contributed by atoms with Crippen molar-refractivity contribution in [1.82, 2.24) is 25.2 Å². The number of hydrogen-bond donors (Lipinski definition) is 1. The van der Waals surface area contributed by atoms with E-state index in [-0.39, 0.29) is 26.6 Å². The summed E-state index contributed by atoms with van der Waals surface area (Å²) in [6.07, 6.45) is -1.30. The zero-order valence-corrected chi connectivity index (χ0v) is 25.0. The van der Waals surface area contributed by atoms with Gasteiger partial charge in [0, 0.05) is 18.0 Å². The van der Waals surface area contributed by atoms with Gasteiger partial charge in [-0.05, 0) is 72.8 Å². The molecule has 9 nitrogen and oxygen atoms in total. The van der Waals surface area contributed by atoms with Crippen LogP contribution in [0.1, 0.15) is 25.0 Å². The van der Waals surface area contributed by atoms with Gasteiger partial charge in [0.15, 0.2) is 0 Å². The lowest BCUT2D eigenvalue weighted by molar-refractivity contribution is -0.137. The molecule has 0 bridgehead atoms. The van der Waals surface area contributed by atoms with Crippen molar-refractivity contribution in [2.45, 2.75) is 30.8 Å². The summed E-state index contributed by atoms with van der Waals surface area (Å²) >= 11 is 13.4. The molecule has 0 aliphatic rings. The number of amides is 1. The fourth-order valence-corrected chi connectivity index (χ4v) is 4.54. The van der Waals surface area contributed by atoms with Gasteiger partial charge >= 0.3 is 6.18 Å². The lowest BCUT2D eigenvalue weighted by Gasteiger charge is -2.19. The third kappa shape index (κ3) is 9.33. The Balaban J connectivity index is 1.31. The van der Waals surface area contributed by atoms with Crippen LogP contribution in [-0.2, 0) is 15.7 Å². The number of tetrazole rings is 1. The van der Waals surface area contributed by atoms with Crippen molar-refractivity contribution in [3.05, 3.63) is 82.1 Å². The molecule has 4 rings (SSSR count). The molecule has 0 aliphatic carbocycles. The van der Waals surface area contributed by atoms with Crippen LogP contribution in [0.2, 0.25) is 10.0 Å². The van der Waals surface area contributed by atoms with Gasteiger partial charge in [-0.2, -0.15) is 17.9 Å². The number of nitrogens with one attached hydrogen (secondary N) is 1. The van der Waals surface area contributed by atoms with Crippen LogP contribution in [0.5, 0.6) is 5.75 Å². The normalized spacial score (nSPS) is 11.5. The number of pyridine rings is 1. The molecular weight excluding hydrogens is 628 g/mol. The highest BCUT2D eigenvalue weighted by atomic mass is 35.5. The first-order valence-electron chi connectivity index (χ1n) is 12.5. The SMILES string of the molecule is CC(C)(C#Cc1ccc(NC(=O)CSc2nnnn2-c2cc(C(F)(F)F)ccc2Cl)c(Cl)c1)OCCOc1ccncc1. The fraction of sp³-hybridized carbons (Fsp3) is 0.250. The van der Waals surface area contributed by atoms with Gasteiger partial charge in [0.25, 0.3) is 0 Å². The van der Waals surface area contributed by atoms with Crippen LogP contribution in [-0.4, -0.2) is 55.7 Å². The number of hydrogen-bond acceptors (Lipinski definition) is 8. The average molecular weight is 651 g/mol. The van der Waals surface area contributed by atoms with Crippen LogP contribution in [0.15, 0.2) is 66.1 Å². The largest absolute Gasteiger partial charge is 0.491 e. The molecule has 4 aromatic rings. The maximum absolute atomic E-state index is 13.2. The molecular formula is C28H23Cl2F3N6O3S. The van der Waals surface area contributed by atoms with Crippen molar-refractivity contribution >= 4 is 46.6 Å². The van der Waals surface area contributed by atoms with Crippen LogP contribution in [0.3, 0.4) is 0 Å². The molecule has 15 heteroatoms. The summed E-state index contributed by atoms with van der Waals surface area (Å²) in [4.78, 5) is 16.6. The van der Waals surface area contributed by atoms with E-state index in [1.807, 2.05) is 13.8 Å². The number of anilines is 1. The van der Waals surface area contributed by atoms with Gasteiger partial charge in [-0.15, -0.1) is 5.10 Å². The minimum absolute atomic E-state index is 0.00607. The standard InChI is InChI=1S/C28H23Cl2F3N6O3S/c1-27(2,42-14-13-41-20-8-11-34-12-9-20)10-7-18-3-6-23(22(30)15-18)35-25(40)17-43-26-36-37-38-39(26)24-16-19(28(31,32)33)4-5-21(24)29/h3-6,8-9,11-12,15-16H,13-14,17H2,1-2H3,(H,35,40). The molecule has 0 fully saturated rings. The average Bonchev–Trinajstić information content (AvgIpc) is 3.43. The molecule has 2 aromatic carbocycles. The third-order valence-corrected chi connectivity index (χ3v) is 7.04. The van der Waals surface area contributed by atoms with Gasteiger partial charge in [-0.3, -0.25) is 9.78 Å². The van der Waals surface area contributed by atoms with Crippen LogP contribution in [0, 0.1) is 11.8 Å². The van der Waals surface area contributed by atoms with E-state index in [2.05, 4.69) is 37.7 Å². The molecule has 1 amide bonds. The van der Waals surface area contributed by atoms with E-state index in [1.165, 1.54) is 0 Å². The van der Waals surface area contributed by atoms with E-state index in [1.54, 1.807) is 42.7 Å². The summed E-state index contributed by atoms with van der Waals surface area (Å²) in [6, 6.07) is 11.2. The van der Waals surface area contributed by atoms with Gasteiger partial charge in [-0.25, -0.2) is 0 Å². The second kappa shape index (κ2) is 14.1. The van der Waals surface area contributed by atoms with Crippen LogP contribution in [0.25, 0.3) is 5.69 Å². The Hall–Kier alpha value is -3.83. The Labute approximate surface area is 259 Å². The first-order valence-corrected chi connectivity index (χ1v) is 14.2. The van der Waals surface area contributed by atoms with Gasteiger partial charge in [0.1, 0.15) is 18.0 Å². The predicted molar refractivity (Wildman–Crippen MR) is 157 cm³/mol. The number of alkyl halides is 3. The zero-order chi connectivity index (χ0) is 31.0. The molecule has 0 spiro atoms. The van der Waals surface area contributed by atoms with E-state index in [0.717, 1.165) is 34.6 Å². The van der Waals surface area contributed by atoms with Crippen molar-refractivity contribution in [2.24, 2.45) is 0 Å². The highest BCUT2D eigenvalue weighted by molar-refractivity contribution is 7.99. The Morgan fingerprint density at radius 3 is 2.53 bits per heavy atom. The second-order valence-electron chi connectivity index (χ2n) is 9.21. The summed E-state index contributed by atoms with van der Waals surface area (Å²) in [7, 11) is 0. The van der Waals surface area contributed by atoms with Crippen LogP contribution >= 0.6 is 35.0 Å². The van der Waals surface area contributed by atoms with E-state index < -0.39 is 23.2 Å². The van der Waals surface area contributed by atoms with Gasteiger partial charge in [0.05, 0.1) is 39.3 Å². The maximum Gasteiger partial charge on any atom is 0.416 e. The molecule has 0 saturated carbocycles. The zero-order valence-electron chi connectivity index (χ0n) is 22.7. The number of halogens is 5. The van der Waals surface area contributed by atoms with E-state index in [4.69, 9.17) is 32.7 Å². The summed E-state index contributed by atoms with van der Waals surface area (Å²) < 4.78 is 52.0. The Morgan fingerprint density at radius 1 is 1.05 bits per heavy atom. The second-order valence-corrected chi connectivity index (χ2v) is 11.0. The molecule has 0 atom stereocenters. The molecule has 0 radical (unpaired) electrons. The smallest absolute Gasteiger partial charge is 0.416 e. The summed E-state index contributed by atoms with van der Waals surface area (Å²) in [6.45, 7) is 4.34. The molecule has 2 aromatic heterocycles. The molecule has 2 heterocycles. The molecule has 1 N–H and O–H groups in total. The summed E-state index contributed by atoms with van der Waals surface area (Å²) in [5.74, 6) is 6.16. The molecule has 0 aliphatic heterocycles. The van der Waals surface area contributed by atoms with Gasteiger partial charge < -0.3 is 14.8 Å². The number of ether oxygens (including phenoxy) is 2. The highest BCUT2D eigenvalue weighted by Crippen LogP contribution is 2.34. The quantitative estimate of drug-likeness (QED) is 0.120. The minimum atomic E-state index is -4.58. The van der Waals surface area contributed by atoms with E-state index in [9.17, 15) is 18.0 Å². The monoisotopic (exact) mass is 650 g/mol. The molecule has 0 unspecified atom stereocenters. The minimum Gasteiger partial charge on any atom is -0.491 e. The van der Waals surface area contributed by atoms with Crippen LogP contribution in [0.4, 0.5) is 18.9 Å². The number of nitrogens with zero attached hydrogens (tertiary/aromatic N) is 5. The number of thioether (sulfide) groups is 1. The highest BCUT2D eigenvalue weighted by Gasteiger charge is 2.31. The number of carbonyl (C=O) groups is 1. The van der Waals surface area contributed by atoms with Crippen molar-refractivity contribution in [1.29, 1.82) is 0 Å². The van der Waals surface area contributed by atoms with Gasteiger partial charge in [-0.1, -0.05) is 46.8 Å². The molecule has 43 heavy (non-hydrogen) atoms. The number of aromatic nitrogens is 5. The van der Waals surface area contributed by atoms with Crippen molar-refractivity contribution < 1.29 is 27.4 Å². The Bertz CT molecular complexity index is 1640. The van der Waals surface area contributed by atoms with Crippen molar-refractivity contribution in [3.63, 3.8) is 0 Å². The summed E-state index contributed by atoms with van der Waals surface area (Å²) in [5, 5.41) is 14.0. The summed E-state index contributed by atoms with van der Waals surface area (Å²) in [5.41, 5.74) is -0.787. The molecule has 0 saturated heterocycles. The first-order chi connectivity index (χ1) is 20.4. The number of benzene rings is 2. The van der Waals surface area contributed by atoms with E-state index in [0.29, 0.717) is 30.2 Å². The Kier molecular flexibility index (Phi) is 10.5. The topological polar surface area (TPSA) is 104 Å². The lowest BCUT2D eigenvalue weighted by atomic mass is 10.1. The number of carbonyl (C=O) groups excluding carboxylic acids is 1. The number of rotatable bonds is 10. The first kappa shape index (κ1) is 32.1.